The van der Waals surface area contributed by atoms with Crippen molar-refractivity contribution in [1.29, 1.82) is 0 Å². The van der Waals surface area contributed by atoms with E-state index < -0.39 is 15.7 Å². The fourth-order valence-corrected chi connectivity index (χ4v) is 3.36. The van der Waals surface area contributed by atoms with Crippen molar-refractivity contribution in [2.45, 2.75) is 11.8 Å². The van der Waals surface area contributed by atoms with Crippen LogP contribution >= 0.6 is 11.6 Å². The maximum absolute atomic E-state index is 14.2. The second-order valence-corrected chi connectivity index (χ2v) is 7.97. The van der Waals surface area contributed by atoms with Gasteiger partial charge in [0.05, 0.1) is 5.70 Å². The summed E-state index contributed by atoms with van der Waals surface area (Å²) < 4.78 is 42.6. The van der Waals surface area contributed by atoms with Crippen LogP contribution in [0.4, 0.5) is 10.1 Å². The summed E-state index contributed by atoms with van der Waals surface area (Å²) in [5.41, 5.74) is 2.95. The maximum Gasteiger partial charge on any atom is 0.178 e. The van der Waals surface area contributed by atoms with Crippen molar-refractivity contribution in [2.24, 2.45) is 0 Å². The van der Waals surface area contributed by atoms with Gasteiger partial charge in [0.1, 0.15) is 17.0 Å². The molecule has 0 radical (unpaired) electrons. The van der Waals surface area contributed by atoms with E-state index >= 15 is 0 Å². The monoisotopic (exact) mass is 367 g/mol. The molecule has 0 fully saturated rings. The molecule has 126 valence electrons. The number of hydrogen-bond acceptors (Lipinski definition) is 4. The van der Waals surface area contributed by atoms with Crippen molar-refractivity contribution in [3.63, 3.8) is 0 Å². The van der Waals surface area contributed by atoms with Crippen molar-refractivity contribution in [1.82, 2.24) is 0 Å². The highest BCUT2D eigenvalue weighted by Gasteiger charge is 2.22. The van der Waals surface area contributed by atoms with Crippen LogP contribution in [-0.2, 0) is 14.6 Å². The summed E-state index contributed by atoms with van der Waals surface area (Å²) in [6.07, 6.45) is 2.50. The molecule has 4 nitrogen and oxygen atoms in total. The zero-order chi connectivity index (χ0) is 17.5. The standard InChI is InChI=1S/C17H15ClFNO3S/c1-11-7-13(4-5-14(11)18)20-10-23-9-16(20)12-3-6-17(15(19)8-12)24(2,21)22/h3-9H,10H2,1-2H3. The summed E-state index contributed by atoms with van der Waals surface area (Å²) in [5, 5.41) is 0.660. The molecule has 1 aliphatic heterocycles. The Bertz CT molecular complexity index is 941. The number of sulfone groups is 1. The third-order valence-corrected chi connectivity index (χ3v) is 5.32. The second kappa shape index (κ2) is 6.11. The Balaban J connectivity index is 1.99. The number of nitrogens with zero attached hydrogens (tertiary/aromatic N) is 1. The molecular formula is C17H15ClFNO3S. The van der Waals surface area contributed by atoms with E-state index in [2.05, 4.69) is 0 Å². The van der Waals surface area contributed by atoms with E-state index in [0.29, 0.717) is 16.3 Å². The molecule has 1 aliphatic rings. The molecule has 2 aromatic carbocycles. The van der Waals surface area contributed by atoms with Crippen LogP contribution in [0.3, 0.4) is 0 Å². The molecule has 0 saturated heterocycles. The summed E-state index contributed by atoms with van der Waals surface area (Å²) >= 11 is 6.05. The highest BCUT2D eigenvalue weighted by molar-refractivity contribution is 7.90. The van der Waals surface area contributed by atoms with Gasteiger partial charge in [-0.3, -0.25) is 0 Å². The SMILES string of the molecule is Cc1cc(N2COC=C2c2ccc(S(C)(=O)=O)c(F)c2)ccc1Cl. The summed E-state index contributed by atoms with van der Waals surface area (Å²) in [7, 11) is -3.60. The van der Waals surface area contributed by atoms with Crippen molar-refractivity contribution in [2.75, 3.05) is 17.9 Å². The van der Waals surface area contributed by atoms with Crippen LogP contribution in [-0.4, -0.2) is 21.4 Å². The molecular weight excluding hydrogens is 353 g/mol. The van der Waals surface area contributed by atoms with Crippen molar-refractivity contribution in [3.05, 3.63) is 64.6 Å². The normalized spacial score (nSPS) is 14.5. The van der Waals surface area contributed by atoms with E-state index in [1.165, 1.54) is 18.4 Å². The van der Waals surface area contributed by atoms with Gasteiger partial charge in [0.15, 0.2) is 16.6 Å². The Labute approximate surface area is 145 Å². The van der Waals surface area contributed by atoms with Crippen LogP contribution in [0.15, 0.2) is 47.6 Å². The third kappa shape index (κ3) is 3.12. The van der Waals surface area contributed by atoms with Crippen molar-refractivity contribution in [3.8, 4) is 0 Å². The van der Waals surface area contributed by atoms with Gasteiger partial charge in [-0.05, 0) is 42.8 Å². The minimum Gasteiger partial charge on any atom is -0.478 e. The van der Waals surface area contributed by atoms with Crippen LogP contribution in [0.2, 0.25) is 5.02 Å². The Kier molecular flexibility index (Phi) is 4.27. The summed E-state index contributed by atoms with van der Waals surface area (Å²) in [4.78, 5) is 1.54. The van der Waals surface area contributed by atoms with Crippen LogP contribution in [0.5, 0.6) is 0 Å². The molecule has 0 N–H and O–H groups in total. The van der Waals surface area contributed by atoms with Gasteiger partial charge in [-0.2, -0.15) is 0 Å². The van der Waals surface area contributed by atoms with E-state index in [0.717, 1.165) is 17.5 Å². The second-order valence-electron chi connectivity index (χ2n) is 5.58. The molecule has 2 aromatic rings. The Morgan fingerprint density at radius 2 is 1.96 bits per heavy atom. The minimum absolute atomic E-state index is 0.284. The number of ether oxygens (including phenoxy) is 1. The van der Waals surface area contributed by atoms with E-state index in [4.69, 9.17) is 16.3 Å². The Morgan fingerprint density at radius 3 is 2.58 bits per heavy atom. The first-order chi connectivity index (χ1) is 11.3. The summed E-state index contributed by atoms with van der Waals surface area (Å²) in [6.45, 7) is 2.18. The molecule has 1 heterocycles. The topological polar surface area (TPSA) is 46.6 Å². The quantitative estimate of drug-likeness (QED) is 0.823. The van der Waals surface area contributed by atoms with E-state index in [1.54, 1.807) is 12.1 Å². The van der Waals surface area contributed by atoms with Crippen LogP contribution in [0.1, 0.15) is 11.1 Å². The van der Waals surface area contributed by atoms with Gasteiger partial charge in [0.2, 0.25) is 0 Å². The number of halogens is 2. The zero-order valence-electron chi connectivity index (χ0n) is 13.1. The maximum atomic E-state index is 14.2. The lowest BCUT2D eigenvalue weighted by atomic mass is 10.1. The number of anilines is 1. The largest absolute Gasteiger partial charge is 0.478 e. The third-order valence-electron chi connectivity index (χ3n) is 3.77. The molecule has 0 saturated carbocycles. The van der Waals surface area contributed by atoms with E-state index in [9.17, 15) is 12.8 Å². The predicted octanol–water partition coefficient (Wildman–Crippen LogP) is 3.98. The number of rotatable bonds is 3. The number of hydrogen-bond donors (Lipinski definition) is 0. The van der Waals surface area contributed by atoms with Crippen molar-refractivity contribution >= 4 is 32.8 Å². The first-order valence-electron chi connectivity index (χ1n) is 7.13. The van der Waals surface area contributed by atoms with Gasteiger partial charge in [-0.25, -0.2) is 12.8 Å². The number of benzene rings is 2. The van der Waals surface area contributed by atoms with E-state index in [1.807, 2.05) is 24.0 Å². The van der Waals surface area contributed by atoms with Crippen LogP contribution < -0.4 is 4.90 Å². The molecule has 7 heteroatoms. The molecule has 0 unspecified atom stereocenters. The Morgan fingerprint density at radius 1 is 1.21 bits per heavy atom. The predicted molar refractivity (Wildman–Crippen MR) is 92.1 cm³/mol. The fourth-order valence-electron chi connectivity index (χ4n) is 2.52. The molecule has 0 aliphatic carbocycles. The fraction of sp³-hybridized carbons (Fsp3) is 0.176. The lowest BCUT2D eigenvalue weighted by molar-refractivity contribution is 0.282. The highest BCUT2D eigenvalue weighted by atomic mass is 35.5. The minimum atomic E-state index is -3.60. The highest BCUT2D eigenvalue weighted by Crippen LogP contribution is 2.33. The molecule has 0 spiro atoms. The average molecular weight is 368 g/mol. The zero-order valence-corrected chi connectivity index (χ0v) is 14.7. The van der Waals surface area contributed by atoms with Gasteiger partial charge in [0, 0.05) is 22.5 Å². The molecule has 3 rings (SSSR count). The van der Waals surface area contributed by atoms with Gasteiger partial charge < -0.3 is 9.64 Å². The van der Waals surface area contributed by atoms with Crippen LogP contribution in [0, 0.1) is 12.7 Å². The summed E-state index contributed by atoms with van der Waals surface area (Å²) in [5.74, 6) is -0.782. The number of aryl methyl sites for hydroxylation is 1. The first-order valence-corrected chi connectivity index (χ1v) is 9.40. The smallest absolute Gasteiger partial charge is 0.178 e. The van der Waals surface area contributed by atoms with Gasteiger partial charge in [-0.1, -0.05) is 17.7 Å². The van der Waals surface area contributed by atoms with Crippen molar-refractivity contribution < 1.29 is 17.5 Å². The molecule has 24 heavy (non-hydrogen) atoms. The Hall–Kier alpha value is -2.05. The molecule has 0 aromatic heterocycles. The molecule has 0 amide bonds. The van der Waals surface area contributed by atoms with Gasteiger partial charge in [0.25, 0.3) is 0 Å². The first kappa shape index (κ1) is 16.8. The lowest BCUT2D eigenvalue weighted by Gasteiger charge is -2.21. The van der Waals surface area contributed by atoms with E-state index in [-0.39, 0.29) is 11.6 Å². The summed E-state index contributed by atoms with van der Waals surface area (Å²) in [6, 6.07) is 9.58. The van der Waals surface area contributed by atoms with Gasteiger partial charge >= 0.3 is 0 Å². The van der Waals surface area contributed by atoms with Crippen LogP contribution in [0.25, 0.3) is 5.70 Å². The van der Waals surface area contributed by atoms with Gasteiger partial charge in [-0.15, -0.1) is 0 Å². The molecule has 0 bridgehead atoms. The lowest BCUT2D eigenvalue weighted by Crippen LogP contribution is -2.18. The molecule has 0 atom stereocenters. The average Bonchev–Trinajstić information content (AvgIpc) is 2.98.